The Labute approximate surface area is 209 Å². The SMILES string of the molecule is Cc1cccc(C)c1OCc1nnc(SCC(=O)NC(Cc2ccccc2)c2ccccc2)n1N. The highest BCUT2D eigenvalue weighted by Gasteiger charge is 2.18. The molecule has 0 radical (unpaired) electrons. The second-order valence-electron chi connectivity index (χ2n) is 8.29. The average molecular weight is 488 g/mol. The number of rotatable bonds is 10. The van der Waals surface area contributed by atoms with Gasteiger partial charge in [-0.05, 0) is 42.5 Å². The van der Waals surface area contributed by atoms with E-state index in [4.69, 9.17) is 10.6 Å². The number of thioether (sulfide) groups is 1. The highest BCUT2D eigenvalue weighted by molar-refractivity contribution is 7.99. The monoisotopic (exact) mass is 487 g/mol. The van der Waals surface area contributed by atoms with Crippen molar-refractivity contribution in [3.05, 3.63) is 107 Å². The highest BCUT2D eigenvalue weighted by atomic mass is 32.2. The number of ether oxygens (including phenoxy) is 1. The van der Waals surface area contributed by atoms with Crippen LogP contribution in [-0.2, 0) is 17.8 Å². The fraction of sp³-hybridized carbons (Fsp3) is 0.222. The van der Waals surface area contributed by atoms with E-state index in [1.807, 2.05) is 80.6 Å². The molecule has 0 spiro atoms. The van der Waals surface area contributed by atoms with Crippen LogP contribution >= 0.6 is 11.8 Å². The van der Waals surface area contributed by atoms with Gasteiger partial charge >= 0.3 is 0 Å². The number of amides is 1. The topological polar surface area (TPSA) is 95.1 Å². The lowest BCUT2D eigenvalue weighted by molar-refractivity contribution is -0.119. The Morgan fingerprint density at radius 3 is 2.31 bits per heavy atom. The largest absolute Gasteiger partial charge is 0.485 e. The molecular weight excluding hydrogens is 458 g/mol. The third-order valence-electron chi connectivity index (χ3n) is 5.64. The maximum absolute atomic E-state index is 12.8. The van der Waals surface area contributed by atoms with Crippen LogP contribution in [-0.4, -0.2) is 26.5 Å². The lowest BCUT2D eigenvalue weighted by Crippen LogP contribution is -2.31. The van der Waals surface area contributed by atoms with Crippen LogP contribution < -0.4 is 15.9 Å². The van der Waals surface area contributed by atoms with Gasteiger partial charge in [0.1, 0.15) is 12.4 Å². The number of carbonyl (C=O) groups is 1. The molecule has 0 aliphatic heterocycles. The number of carbonyl (C=O) groups excluding carboxylic acids is 1. The Morgan fingerprint density at radius 1 is 0.971 bits per heavy atom. The van der Waals surface area contributed by atoms with Gasteiger partial charge in [-0.25, -0.2) is 4.68 Å². The Bertz CT molecular complexity index is 1240. The van der Waals surface area contributed by atoms with E-state index >= 15 is 0 Å². The van der Waals surface area contributed by atoms with E-state index in [2.05, 4.69) is 27.6 Å². The summed E-state index contributed by atoms with van der Waals surface area (Å²) in [6.45, 7) is 4.18. The van der Waals surface area contributed by atoms with E-state index in [9.17, 15) is 4.79 Å². The lowest BCUT2D eigenvalue weighted by Gasteiger charge is -2.19. The number of aromatic nitrogens is 3. The molecule has 180 valence electrons. The van der Waals surface area contributed by atoms with Gasteiger partial charge in [0.2, 0.25) is 11.1 Å². The molecule has 7 nitrogen and oxygen atoms in total. The number of para-hydroxylation sites is 1. The molecule has 1 aromatic heterocycles. The second-order valence-corrected chi connectivity index (χ2v) is 9.23. The number of nitrogen functional groups attached to an aromatic ring is 1. The number of benzene rings is 3. The first-order valence-corrected chi connectivity index (χ1v) is 12.4. The molecule has 0 bridgehead atoms. The summed E-state index contributed by atoms with van der Waals surface area (Å²) in [5, 5.41) is 11.9. The summed E-state index contributed by atoms with van der Waals surface area (Å²) in [7, 11) is 0. The van der Waals surface area contributed by atoms with Gasteiger partial charge in [0.25, 0.3) is 0 Å². The van der Waals surface area contributed by atoms with Crippen molar-refractivity contribution >= 4 is 17.7 Å². The number of nitrogens with one attached hydrogen (secondary N) is 1. The molecule has 4 rings (SSSR count). The zero-order chi connectivity index (χ0) is 24.6. The number of hydrogen-bond acceptors (Lipinski definition) is 6. The number of hydrogen-bond donors (Lipinski definition) is 2. The van der Waals surface area contributed by atoms with Crippen LogP contribution in [0.5, 0.6) is 5.75 Å². The van der Waals surface area contributed by atoms with Crippen LogP contribution in [0, 0.1) is 13.8 Å². The van der Waals surface area contributed by atoms with Crippen molar-refractivity contribution in [3.8, 4) is 5.75 Å². The number of nitrogens with two attached hydrogens (primary N) is 1. The van der Waals surface area contributed by atoms with Crippen molar-refractivity contribution in [1.82, 2.24) is 20.2 Å². The Kier molecular flexibility index (Phi) is 8.05. The van der Waals surface area contributed by atoms with Crippen LogP contribution in [0.25, 0.3) is 0 Å². The molecule has 0 aliphatic rings. The first-order valence-electron chi connectivity index (χ1n) is 11.4. The normalized spacial score (nSPS) is 11.7. The van der Waals surface area contributed by atoms with Crippen molar-refractivity contribution in [3.63, 3.8) is 0 Å². The van der Waals surface area contributed by atoms with Crippen molar-refractivity contribution in [1.29, 1.82) is 0 Å². The minimum Gasteiger partial charge on any atom is -0.485 e. The molecule has 1 amide bonds. The van der Waals surface area contributed by atoms with Crippen LogP contribution in [0.4, 0.5) is 0 Å². The summed E-state index contributed by atoms with van der Waals surface area (Å²) in [5.74, 6) is 7.56. The predicted molar refractivity (Wildman–Crippen MR) is 139 cm³/mol. The molecule has 3 aromatic carbocycles. The summed E-state index contributed by atoms with van der Waals surface area (Å²) in [5.41, 5.74) is 4.30. The molecule has 1 heterocycles. The Morgan fingerprint density at radius 2 is 1.63 bits per heavy atom. The van der Waals surface area contributed by atoms with Crippen LogP contribution in [0.3, 0.4) is 0 Å². The van der Waals surface area contributed by atoms with Crippen molar-refractivity contribution in [2.45, 2.75) is 38.1 Å². The van der Waals surface area contributed by atoms with Crippen molar-refractivity contribution in [2.75, 3.05) is 11.6 Å². The fourth-order valence-electron chi connectivity index (χ4n) is 3.82. The lowest BCUT2D eigenvalue weighted by atomic mass is 9.99. The smallest absolute Gasteiger partial charge is 0.230 e. The van der Waals surface area contributed by atoms with Gasteiger partial charge in [-0.1, -0.05) is 90.6 Å². The van der Waals surface area contributed by atoms with E-state index in [1.165, 1.54) is 16.4 Å². The van der Waals surface area contributed by atoms with E-state index in [0.717, 1.165) is 28.0 Å². The molecule has 1 atom stereocenters. The molecule has 4 aromatic rings. The minimum atomic E-state index is -0.135. The summed E-state index contributed by atoms with van der Waals surface area (Å²) < 4.78 is 7.32. The highest BCUT2D eigenvalue weighted by Crippen LogP contribution is 2.24. The van der Waals surface area contributed by atoms with Gasteiger partial charge in [0.05, 0.1) is 11.8 Å². The number of aryl methyl sites for hydroxylation is 2. The first-order chi connectivity index (χ1) is 17.0. The van der Waals surface area contributed by atoms with Crippen molar-refractivity contribution in [2.24, 2.45) is 0 Å². The molecule has 8 heteroatoms. The molecule has 0 aliphatic carbocycles. The third-order valence-corrected chi connectivity index (χ3v) is 6.58. The van der Waals surface area contributed by atoms with Gasteiger partial charge < -0.3 is 15.9 Å². The Balaban J connectivity index is 1.36. The standard InChI is InChI=1S/C27H29N5O2S/c1-19-10-9-11-20(2)26(19)34-17-24-30-31-27(32(24)28)35-18-25(33)29-23(22-14-7-4-8-15-22)16-21-12-5-3-6-13-21/h3-15,23H,16-18,28H2,1-2H3,(H,29,33). The number of nitrogens with zero attached hydrogens (tertiary/aromatic N) is 3. The van der Waals surface area contributed by atoms with E-state index < -0.39 is 0 Å². The van der Waals surface area contributed by atoms with Gasteiger partial charge in [-0.3, -0.25) is 4.79 Å². The van der Waals surface area contributed by atoms with Gasteiger partial charge in [0, 0.05) is 0 Å². The molecule has 0 fully saturated rings. The average Bonchev–Trinajstić information content (AvgIpc) is 3.22. The first kappa shape index (κ1) is 24.3. The maximum atomic E-state index is 12.8. The summed E-state index contributed by atoms with van der Waals surface area (Å²) in [6.07, 6.45) is 0.703. The minimum absolute atomic E-state index is 0.101. The van der Waals surface area contributed by atoms with Crippen LogP contribution in [0.2, 0.25) is 0 Å². The van der Waals surface area contributed by atoms with Gasteiger partial charge in [-0.15, -0.1) is 10.2 Å². The van der Waals surface area contributed by atoms with E-state index in [-0.39, 0.29) is 24.3 Å². The zero-order valence-corrected chi connectivity index (χ0v) is 20.7. The zero-order valence-electron chi connectivity index (χ0n) is 19.8. The van der Waals surface area contributed by atoms with Crippen LogP contribution in [0.1, 0.15) is 34.1 Å². The fourth-order valence-corrected chi connectivity index (χ4v) is 4.51. The third kappa shape index (κ3) is 6.42. The molecule has 0 saturated carbocycles. The molecule has 1 unspecified atom stereocenters. The van der Waals surface area contributed by atoms with Gasteiger partial charge in [-0.2, -0.15) is 0 Å². The summed E-state index contributed by atoms with van der Waals surface area (Å²) >= 11 is 1.24. The van der Waals surface area contributed by atoms with E-state index in [0.29, 0.717) is 17.4 Å². The molecule has 35 heavy (non-hydrogen) atoms. The summed E-state index contributed by atoms with van der Waals surface area (Å²) in [4.78, 5) is 12.8. The second kappa shape index (κ2) is 11.6. The van der Waals surface area contributed by atoms with E-state index in [1.54, 1.807) is 0 Å². The van der Waals surface area contributed by atoms with Crippen molar-refractivity contribution < 1.29 is 9.53 Å². The molecule has 3 N–H and O–H groups in total. The Hall–Kier alpha value is -3.78. The molecule has 0 saturated heterocycles. The summed E-state index contributed by atoms with van der Waals surface area (Å²) in [6, 6.07) is 26.0. The quantitative estimate of drug-likeness (QED) is 0.255. The van der Waals surface area contributed by atoms with Gasteiger partial charge in [0.15, 0.2) is 5.82 Å². The maximum Gasteiger partial charge on any atom is 0.230 e. The predicted octanol–water partition coefficient (Wildman–Crippen LogP) is 4.38. The van der Waals surface area contributed by atoms with Crippen LogP contribution in [0.15, 0.2) is 84.0 Å². The molecular formula is C27H29N5O2S.